The van der Waals surface area contributed by atoms with E-state index in [-0.39, 0.29) is 5.54 Å². The first kappa shape index (κ1) is 12.1. The van der Waals surface area contributed by atoms with Gasteiger partial charge < -0.3 is 10.6 Å². The Balaban J connectivity index is 2.12. The van der Waals surface area contributed by atoms with Crippen LogP contribution in [0.4, 0.5) is 5.82 Å². The highest BCUT2D eigenvalue weighted by Gasteiger charge is 2.42. The zero-order valence-electron chi connectivity index (χ0n) is 9.37. The van der Waals surface area contributed by atoms with Crippen LogP contribution < -0.4 is 10.6 Å². The van der Waals surface area contributed by atoms with Crippen molar-refractivity contribution in [3.05, 3.63) is 21.8 Å². The number of rotatable bonds is 2. The lowest BCUT2D eigenvalue weighted by Gasteiger charge is -2.51. The lowest BCUT2D eigenvalue weighted by Crippen LogP contribution is -2.70. The van der Waals surface area contributed by atoms with Crippen LogP contribution >= 0.6 is 27.5 Å². The summed E-state index contributed by atoms with van der Waals surface area (Å²) in [5.74, 6) is 1.40. The van der Waals surface area contributed by atoms with Crippen LogP contribution in [0.1, 0.15) is 13.8 Å². The molecule has 1 aromatic heterocycles. The molecule has 0 radical (unpaired) electrons. The molecule has 1 aliphatic rings. The molecule has 0 spiro atoms. The van der Waals surface area contributed by atoms with Gasteiger partial charge in [0.2, 0.25) is 0 Å². The first-order chi connectivity index (χ1) is 7.42. The molecule has 2 heterocycles. The van der Waals surface area contributed by atoms with Gasteiger partial charge in [-0.15, -0.1) is 0 Å². The number of hydrogen-bond donors (Lipinski definition) is 1. The van der Waals surface area contributed by atoms with E-state index in [1.807, 2.05) is 6.07 Å². The highest BCUT2D eigenvalue weighted by atomic mass is 79.9. The lowest BCUT2D eigenvalue weighted by molar-refractivity contribution is 0.243. The Morgan fingerprint density at radius 3 is 2.69 bits per heavy atom. The maximum absolute atomic E-state index is 6.24. The lowest BCUT2D eigenvalue weighted by atomic mass is 9.80. The summed E-state index contributed by atoms with van der Waals surface area (Å²) in [6.07, 6.45) is 1.66. The minimum atomic E-state index is -0.0826. The van der Waals surface area contributed by atoms with Crippen molar-refractivity contribution in [1.29, 1.82) is 0 Å². The average Bonchev–Trinajstić information content (AvgIpc) is 2.13. The van der Waals surface area contributed by atoms with E-state index in [0.717, 1.165) is 23.4 Å². The summed E-state index contributed by atoms with van der Waals surface area (Å²) < 4.78 is 0.922. The molecule has 2 rings (SSSR count). The van der Waals surface area contributed by atoms with Crippen molar-refractivity contribution in [2.75, 3.05) is 18.0 Å². The molecule has 5 heteroatoms. The Hall–Kier alpha value is -0.320. The minimum Gasteiger partial charge on any atom is -0.352 e. The number of halogens is 2. The Labute approximate surface area is 109 Å². The predicted octanol–water partition coefficient (Wildman–Crippen LogP) is 2.67. The molecule has 0 aromatic carbocycles. The fourth-order valence-electron chi connectivity index (χ4n) is 1.82. The summed E-state index contributed by atoms with van der Waals surface area (Å²) in [5.41, 5.74) is 6.16. The smallest absolute Gasteiger partial charge is 0.143 e. The van der Waals surface area contributed by atoms with E-state index < -0.39 is 0 Å². The highest BCUT2D eigenvalue weighted by molar-refractivity contribution is 9.10. The monoisotopic (exact) mass is 303 g/mol. The molecule has 0 saturated carbocycles. The van der Waals surface area contributed by atoms with Gasteiger partial charge in [0.25, 0.3) is 0 Å². The van der Waals surface area contributed by atoms with Crippen LogP contribution in [-0.2, 0) is 0 Å². The number of aromatic nitrogens is 1. The van der Waals surface area contributed by atoms with Crippen LogP contribution in [0.2, 0.25) is 5.02 Å². The van der Waals surface area contributed by atoms with Crippen molar-refractivity contribution in [2.24, 2.45) is 11.7 Å². The topological polar surface area (TPSA) is 42.1 Å². The molecular formula is C11H15BrClN3. The summed E-state index contributed by atoms with van der Waals surface area (Å²) in [6, 6.07) is 1.86. The highest BCUT2D eigenvalue weighted by Crippen LogP contribution is 2.34. The van der Waals surface area contributed by atoms with E-state index in [4.69, 9.17) is 17.3 Å². The van der Waals surface area contributed by atoms with Crippen molar-refractivity contribution in [1.82, 2.24) is 4.98 Å². The van der Waals surface area contributed by atoms with Gasteiger partial charge in [0.05, 0.1) is 15.0 Å². The summed E-state index contributed by atoms with van der Waals surface area (Å²) in [7, 11) is 0. The second kappa shape index (κ2) is 4.17. The molecule has 1 saturated heterocycles. The van der Waals surface area contributed by atoms with E-state index in [0.29, 0.717) is 10.9 Å². The summed E-state index contributed by atoms with van der Waals surface area (Å²) in [6.45, 7) is 6.00. The van der Waals surface area contributed by atoms with E-state index in [1.165, 1.54) is 0 Å². The second-order valence-corrected chi connectivity index (χ2v) is 5.99. The van der Waals surface area contributed by atoms with Gasteiger partial charge in [-0.2, -0.15) is 0 Å². The zero-order chi connectivity index (χ0) is 11.9. The molecule has 0 bridgehead atoms. The summed E-state index contributed by atoms with van der Waals surface area (Å²) in [4.78, 5) is 6.48. The molecular weight excluding hydrogens is 289 g/mol. The van der Waals surface area contributed by atoms with E-state index in [9.17, 15) is 0 Å². The molecule has 0 atom stereocenters. The van der Waals surface area contributed by atoms with Crippen LogP contribution in [0.15, 0.2) is 16.7 Å². The van der Waals surface area contributed by atoms with Crippen molar-refractivity contribution in [3.63, 3.8) is 0 Å². The molecule has 16 heavy (non-hydrogen) atoms. The fraction of sp³-hybridized carbons (Fsp3) is 0.545. The number of nitrogens with two attached hydrogens (primary N) is 1. The van der Waals surface area contributed by atoms with E-state index >= 15 is 0 Å². The van der Waals surface area contributed by atoms with Gasteiger partial charge in [-0.25, -0.2) is 4.98 Å². The average molecular weight is 305 g/mol. The van der Waals surface area contributed by atoms with Crippen LogP contribution in [0.25, 0.3) is 0 Å². The Morgan fingerprint density at radius 1 is 1.56 bits per heavy atom. The molecule has 0 amide bonds. The zero-order valence-corrected chi connectivity index (χ0v) is 11.7. The number of nitrogens with zero attached hydrogens (tertiary/aromatic N) is 2. The maximum Gasteiger partial charge on any atom is 0.143 e. The van der Waals surface area contributed by atoms with Crippen LogP contribution in [0.3, 0.4) is 0 Å². The van der Waals surface area contributed by atoms with Gasteiger partial charge >= 0.3 is 0 Å². The molecule has 2 N–H and O–H groups in total. The standard InChI is InChI=1S/C11H15BrClN3/c1-7(2)11(14)5-16(6-11)10-9(12)3-8(13)4-15-10/h3-4,7H,5-6,14H2,1-2H3. The largest absolute Gasteiger partial charge is 0.352 e. The summed E-state index contributed by atoms with van der Waals surface area (Å²) >= 11 is 9.32. The van der Waals surface area contributed by atoms with Crippen molar-refractivity contribution >= 4 is 33.3 Å². The first-order valence-electron chi connectivity index (χ1n) is 5.27. The van der Waals surface area contributed by atoms with Crippen molar-refractivity contribution in [3.8, 4) is 0 Å². The minimum absolute atomic E-state index is 0.0826. The molecule has 0 unspecified atom stereocenters. The first-order valence-corrected chi connectivity index (χ1v) is 6.44. The van der Waals surface area contributed by atoms with Gasteiger partial charge in [0.1, 0.15) is 5.82 Å². The van der Waals surface area contributed by atoms with Gasteiger partial charge in [0.15, 0.2) is 0 Å². The SMILES string of the molecule is CC(C)C1(N)CN(c2ncc(Cl)cc2Br)C1. The van der Waals surface area contributed by atoms with Crippen molar-refractivity contribution in [2.45, 2.75) is 19.4 Å². The van der Waals surface area contributed by atoms with Crippen LogP contribution in [-0.4, -0.2) is 23.6 Å². The Morgan fingerprint density at radius 2 is 2.19 bits per heavy atom. The van der Waals surface area contributed by atoms with E-state index in [2.05, 4.69) is 39.7 Å². The van der Waals surface area contributed by atoms with Gasteiger partial charge in [0, 0.05) is 19.3 Å². The fourth-order valence-corrected chi connectivity index (χ4v) is 2.71. The number of anilines is 1. The number of hydrogen-bond acceptors (Lipinski definition) is 3. The molecule has 0 aliphatic carbocycles. The maximum atomic E-state index is 6.24. The normalized spacial score (nSPS) is 18.8. The Bertz CT molecular complexity index is 402. The third kappa shape index (κ3) is 2.06. The summed E-state index contributed by atoms with van der Waals surface area (Å²) in [5, 5.41) is 0.638. The molecule has 1 aliphatic heterocycles. The molecule has 3 nitrogen and oxygen atoms in total. The van der Waals surface area contributed by atoms with Crippen LogP contribution in [0, 0.1) is 5.92 Å². The molecule has 1 aromatic rings. The van der Waals surface area contributed by atoms with Crippen LogP contribution in [0.5, 0.6) is 0 Å². The van der Waals surface area contributed by atoms with Gasteiger partial charge in [-0.3, -0.25) is 0 Å². The van der Waals surface area contributed by atoms with E-state index in [1.54, 1.807) is 6.20 Å². The quantitative estimate of drug-likeness (QED) is 0.913. The number of pyridine rings is 1. The predicted molar refractivity (Wildman–Crippen MR) is 70.9 cm³/mol. The Kier molecular flexibility index (Phi) is 3.16. The third-order valence-electron chi connectivity index (χ3n) is 3.21. The van der Waals surface area contributed by atoms with Crippen molar-refractivity contribution < 1.29 is 0 Å². The van der Waals surface area contributed by atoms with Gasteiger partial charge in [-0.05, 0) is 27.9 Å². The molecule has 1 fully saturated rings. The van der Waals surface area contributed by atoms with Gasteiger partial charge in [-0.1, -0.05) is 25.4 Å². The second-order valence-electron chi connectivity index (χ2n) is 4.70. The molecule has 88 valence electrons. The third-order valence-corrected chi connectivity index (χ3v) is 4.00.